The zero-order chi connectivity index (χ0) is 15.1. The van der Waals surface area contributed by atoms with Gasteiger partial charge in [0.25, 0.3) is 0 Å². The van der Waals surface area contributed by atoms with Crippen LogP contribution in [0, 0.1) is 13.8 Å². The van der Waals surface area contributed by atoms with Gasteiger partial charge >= 0.3 is 0 Å². The first kappa shape index (κ1) is 14.0. The molecule has 1 unspecified atom stereocenters. The minimum Gasteiger partial charge on any atom is -0.347 e. The quantitative estimate of drug-likeness (QED) is 0.805. The molecule has 0 radical (unpaired) electrons. The van der Waals surface area contributed by atoms with Crippen molar-refractivity contribution in [2.45, 2.75) is 45.7 Å². The molecule has 0 aliphatic carbocycles. The lowest BCUT2D eigenvalue weighted by Gasteiger charge is -2.34. The number of piperidine rings is 1. The Labute approximate surface area is 134 Å². The second-order valence-electron chi connectivity index (χ2n) is 6.09. The lowest BCUT2D eigenvalue weighted by atomic mass is 10.0. The van der Waals surface area contributed by atoms with E-state index in [-0.39, 0.29) is 0 Å². The highest BCUT2D eigenvalue weighted by atomic mass is 32.1. The van der Waals surface area contributed by atoms with E-state index in [0.717, 1.165) is 29.6 Å². The molecule has 4 heterocycles. The standard InChI is InChI=1S/C16H21N5S/c1-11-9-21-14(12(2)19-16(21)22-11)10-20-8-4-3-5-13(20)15-17-6-7-18-15/h6-7,9,13H,3-5,8,10H2,1-2H3,(H,17,18). The number of nitrogens with one attached hydrogen (secondary N) is 1. The van der Waals surface area contributed by atoms with E-state index in [1.165, 1.54) is 29.8 Å². The summed E-state index contributed by atoms with van der Waals surface area (Å²) in [5, 5.41) is 0. The van der Waals surface area contributed by atoms with E-state index in [4.69, 9.17) is 4.98 Å². The van der Waals surface area contributed by atoms with Gasteiger partial charge in [0, 0.05) is 30.0 Å². The highest BCUT2D eigenvalue weighted by molar-refractivity contribution is 7.17. The number of aryl methyl sites for hydroxylation is 2. The number of nitrogens with zero attached hydrogens (tertiary/aromatic N) is 4. The van der Waals surface area contributed by atoms with Crippen LogP contribution in [0.3, 0.4) is 0 Å². The first-order valence-corrected chi connectivity index (χ1v) is 8.71. The molecule has 0 amide bonds. The van der Waals surface area contributed by atoms with E-state index in [1.807, 2.05) is 12.4 Å². The molecule has 4 rings (SSSR count). The van der Waals surface area contributed by atoms with Gasteiger partial charge in [-0.3, -0.25) is 9.30 Å². The minimum atomic E-state index is 0.397. The Bertz CT molecular complexity index is 770. The molecule has 0 aromatic carbocycles. The Morgan fingerprint density at radius 1 is 1.36 bits per heavy atom. The van der Waals surface area contributed by atoms with Gasteiger partial charge in [-0.25, -0.2) is 9.97 Å². The first-order chi connectivity index (χ1) is 10.7. The summed E-state index contributed by atoms with van der Waals surface area (Å²) in [5.41, 5.74) is 2.47. The first-order valence-electron chi connectivity index (χ1n) is 7.89. The van der Waals surface area contributed by atoms with Crippen LogP contribution >= 0.6 is 11.3 Å². The van der Waals surface area contributed by atoms with Crippen molar-refractivity contribution in [1.82, 2.24) is 24.3 Å². The molecule has 22 heavy (non-hydrogen) atoms. The molecule has 3 aromatic rings. The third-order valence-electron chi connectivity index (χ3n) is 4.54. The van der Waals surface area contributed by atoms with Crippen molar-refractivity contribution in [3.8, 4) is 0 Å². The second kappa shape index (κ2) is 5.52. The Kier molecular flexibility index (Phi) is 3.50. The summed E-state index contributed by atoms with van der Waals surface area (Å²) in [5.74, 6) is 1.10. The monoisotopic (exact) mass is 315 g/mol. The van der Waals surface area contributed by atoms with Crippen molar-refractivity contribution in [3.05, 3.63) is 40.7 Å². The number of H-pyrrole nitrogens is 1. The summed E-state index contributed by atoms with van der Waals surface area (Å²) in [7, 11) is 0. The number of imidazole rings is 2. The van der Waals surface area contributed by atoms with E-state index in [1.54, 1.807) is 11.3 Å². The molecule has 1 aliphatic rings. The van der Waals surface area contributed by atoms with Gasteiger partial charge in [0.1, 0.15) is 5.82 Å². The second-order valence-corrected chi connectivity index (χ2v) is 7.31. The summed E-state index contributed by atoms with van der Waals surface area (Å²) in [4.78, 5) is 17.5. The van der Waals surface area contributed by atoms with Crippen LogP contribution in [0.4, 0.5) is 0 Å². The van der Waals surface area contributed by atoms with Crippen molar-refractivity contribution in [2.24, 2.45) is 0 Å². The maximum Gasteiger partial charge on any atom is 0.194 e. The van der Waals surface area contributed by atoms with Crippen LogP contribution in [0.2, 0.25) is 0 Å². The van der Waals surface area contributed by atoms with Crippen molar-refractivity contribution in [2.75, 3.05) is 6.54 Å². The molecular formula is C16H21N5S. The number of thiazole rings is 1. The van der Waals surface area contributed by atoms with Gasteiger partial charge in [-0.2, -0.15) is 0 Å². The fourth-order valence-electron chi connectivity index (χ4n) is 3.44. The maximum atomic E-state index is 4.72. The average Bonchev–Trinajstić information content (AvgIpc) is 3.19. The van der Waals surface area contributed by atoms with Gasteiger partial charge in [-0.05, 0) is 33.2 Å². The third kappa shape index (κ3) is 2.36. The highest BCUT2D eigenvalue weighted by Crippen LogP contribution is 2.31. The molecule has 0 saturated carbocycles. The van der Waals surface area contributed by atoms with Crippen LogP contribution in [0.5, 0.6) is 0 Å². The largest absolute Gasteiger partial charge is 0.347 e. The Balaban J connectivity index is 1.66. The molecule has 0 spiro atoms. The van der Waals surface area contributed by atoms with Crippen molar-refractivity contribution < 1.29 is 0 Å². The molecule has 1 atom stereocenters. The number of hydrogen-bond donors (Lipinski definition) is 1. The molecule has 1 fully saturated rings. The predicted molar refractivity (Wildman–Crippen MR) is 88.1 cm³/mol. The number of aromatic amines is 1. The van der Waals surface area contributed by atoms with E-state index in [9.17, 15) is 0 Å². The zero-order valence-electron chi connectivity index (χ0n) is 13.0. The highest BCUT2D eigenvalue weighted by Gasteiger charge is 2.27. The molecule has 116 valence electrons. The SMILES string of the molecule is Cc1cn2c(CN3CCCCC3c3ncc[nH]3)c(C)nc2s1. The average molecular weight is 315 g/mol. The third-order valence-corrected chi connectivity index (χ3v) is 5.44. The molecule has 1 aliphatic heterocycles. The predicted octanol–water partition coefficient (Wildman–Crippen LogP) is 3.46. The van der Waals surface area contributed by atoms with Gasteiger partial charge in [0.05, 0.1) is 17.4 Å². The summed E-state index contributed by atoms with van der Waals surface area (Å²) >= 11 is 1.76. The number of likely N-dealkylation sites (tertiary alicyclic amines) is 1. The molecule has 3 aromatic heterocycles. The van der Waals surface area contributed by atoms with E-state index in [2.05, 4.69) is 39.3 Å². The van der Waals surface area contributed by atoms with Gasteiger partial charge in [0.15, 0.2) is 4.96 Å². The Hall–Kier alpha value is -1.66. The molecule has 6 heteroatoms. The van der Waals surface area contributed by atoms with Gasteiger partial charge in [-0.15, -0.1) is 11.3 Å². The summed E-state index contributed by atoms with van der Waals surface area (Å²) < 4.78 is 2.27. The van der Waals surface area contributed by atoms with Gasteiger partial charge in [0.2, 0.25) is 0 Å². The summed E-state index contributed by atoms with van der Waals surface area (Å²) in [6, 6.07) is 0.397. The fourth-order valence-corrected chi connectivity index (χ4v) is 4.33. The van der Waals surface area contributed by atoms with E-state index < -0.39 is 0 Å². The fraction of sp³-hybridized carbons (Fsp3) is 0.500. The van der Waals surface area contributed by atoms with Crippen LogP contribution < -0.4 is 0 Å². The number of fused-ring (bicyclic) bond motifs is 1. The lowest BCUT2D eigenvalue weighted by Crippen LogP contribution is -2.34. The van der Waals surface area contributed by atoms with E-state index in [0.29, 0.717) is 6.04 Å². The maximum absolute atomic E-state index is 4.72. The normalized spacial score (nSPS) is 20.0. The molecule has 1 N–H and O–H groups in total. The van der Waals surface area contributed by atoms with Crippen molar-refractivity contribution in [1.29, 1.82) is 0 Å². The number of rotatable bonds is 3. The van der Waals surface area contributed by atoms with Crippen molar-refractivity contribution >= 4 is 16.3 Å². The number of hydrogen-bond acceptors (Lipinski definition) is 4. The molecule has 5 nitrogen and oxygen atoms in total. The Morgan fingerprint density at radius 2 is 2.27 bits per heavy atom. The van der Waals surface area contributed by atoms with Crippen LogP contribution in [-0.4, -0.2) is 30.8 Å². The lowest BCUT2D eigenvalue weighted by molar-refractivity contribution is 0.132. The van der Waals surface area contributed by atoms with Gasteiger partial charge in [-0.1, -0.05) is 6.42 Å². The van der Waals surface area contributed by atoms with Crippen LogP contribution in [-0.2, 0) is 6.54 Å². The van der Waals surface area contributed by atoms with Crippen LogP contribution in [0.1, 0.15) is 47.4 Å². The molecule has 1 saturated heterocycles. The van der Waals surface area contributed by atoms with Crippen molar-refractivity contribution in [3.63, 3.8) is 0 Å². The minimum absolute atomic E-state index is 0.397. The smallest absolute Gasteiger partial charge is 0.194 e. The van der Waals surface area contributed by atoms with Crippen LogP contribution in [0.25, 0.3) is 4.96 Å². The molecular weight excluding hydrogens is 294 g/mol. The zero-order valence-corrected chi connectivity index (χ0v) is 13.9. The van der Waals surface area contributed by atoms with E-state index >= 15 is 0 Å². The summed E-state index contributed by atoms with van der Waals surface area (Å²) in [6.45, 7) is 6.33. The van der Waals surface area contributed by atoms with Gasteiger partial charge < -0.3 is 4.98 Å². The molecule has 0 bridgehead atoms. The summed E-state index contributed by atoms with van der Waals surface area (Å²) in [6.07, 6.45) is 9.71. The Morgan fingerprint density at radius 3 is 3.09 bits per heavy atom. The van der Waals surface area contributed by atoms with Crippen LogP contribution in [0.15, 0.2) is 18.6 Å². The topological polar surface area (TPSA) is 49.2 Å². The number of aromatic nitrogens is 4.